The number of hydrogen-bond donors (Lipinski definition) is 1. The predicted octanol–water partition coefficient (Wildman–Crippen LogP) is 3.40. The van der Waals surface area contributed by atoms with Crippen molar-refractivity contribution >= 4 is 0 Å². The van der Waals surface area contributed by atoms with Gasteiger partial charge in [-0.3, -0.25) is 0 Å². The normalized spacial score (nSPS) is 25.3. The highest BCUT2D eigenvalue weighted by Crippen LogP contribution is 2.55. The van der Waals surface area contributed by atoms with E-state index >= 15 is 0 Å². The zero-order valence-electron chi connectivity index (χ0n) is 10.6. The third-order valence-electron chi connectivity index (χ3n) is 4.74. The summed E-state index contributed by atoms with van der Waals surface area (Å²) >= 11 is 0. The van der Waals surface area contributed by atoms with E-state index in [1.165, 1.54) is 57.2 Å². The van der Waals surface area contributed by atoms with Crippen LogP contribution in [0, 0.1) is 11.3 Å². The fourth-order valence-electron chi connectivity index (χ4n) is 3.37. The van der Waals surface area contributed by atoms with Gasteiger partial charge in [0, 0.05) is 6.54 Å². The van der Waals surface area contributed by atoms with Crippen LogP contribution in [0.4, 0.5) is 0 Å². The maximum Gasteiger partial charge on any atom is 0.00111 e. The lowest BCUT2D eigenvalue weighted by Gasteiger charge is -2.16. The molecule has 17 heavy (non-hydrogen) atoms. The summed E-state index contributed by atoms with van der Waals surface area (Å²) in [6.07, 6.45) is 8.44. The molecule has 2 fully saturated rings. The molecular weight excluding hydrogens is 206 g/mol. The summed E-state index contributed by atoms with van der Waals surface area (Å²) in [6.45, 7) is 2.59. The minimum Gasteiger partial charge on any atom is -0.316 e. The largest absolute Gasteiger partial charge is 0.316 e. The molecule has 1 heteroatoms. The molecule has 1 aromatic carbocycles. The molecule has 1 atom stereocenters. The van der Waals surface area contributed by atoms with E-state index in [0.29, 0.717) is 0 Å². The summed E-state index contributed by atoms with van der Waals surface area (Å²) in [6, 6.07) is 10.9. The molecule has 0 radical (unpaired) electrons. The molecule has 1 aliphatic heterocycles. The Labute approximate surface area is 105 Å². The van der Waals surface area contributed by atoms with E-state index in [1.54, 1.807) is 0 Å². The summed E-state index contributed by atoms with van der Waals surface area (Å²) in [4.78, 5) is 0. The number of aryl methyl sites for hydroxylation is 1. The molecule has 1 nitrogen and oxygen atoms in total. The molecule has 0 bridgehead atoms. The zero-order chi connectivity index (χ0) is 11.6. The molecule has 1 spiro atoms. The quantitative estimate of drug-likeness (QED) is 0.763. The first-order valence-electron chi connectivity index (χ1n) is 7.14. The van der Waals surface area contributed by atoms with Crippen LogP contribution in [-0.2, 0) is 6.42 Å². The summed E-state index contributed by atoms with van der Waals surface area (Å²) in [5.74, 6) is 0.985. The highest BCUT2D eigenvalue weighted by Gasteiger charge is 2.51. The van der Waals surface area contributed by atoms with Gasteiger partial charge >= 0.3 is 0 Å². The molecule has 92 valence electrons. The standard InChI is InChI=1S/C16H23N/c1-2-6-14(7-3-1)8-4-5-9-15-12-17-13-16(15)10-11-16/h1-3,6-7,15,17H,4-5,8-13H2/t15-/m1/s1. The molecule has 1 aliphatic carbocycles. The van der Waals surface area contributed by atoms with Crippen molar-refractivity contribution in [2.24, 2.45) is 11.3 Å². The van der Waals surface area contributed by atoms with Crippen molar-refractivity contribution in [3.05, 3.63) is 35.9 Å². The Hall–Kier alpha value is -0.820. The van der Waals surface area contributed by atoms with Crippen molar-refractivity contribution in [3.63, 3.8) is 0 Å². The maximum atomic E-state index is 3.58. The van der Waals surface area contributed by atoms with Gasteiger partial charge in [0.1, 0.15) is 0 Å². The summed E-state index contributed by atoms with van der Waals surface area (Å²) in [5.41, 5.74) is 2.26. The Balaban J connectivity index is 1.38. The van der Waals surface area contributed by atoms with Crippen LogP contribution < -0.4 is 5.32 Å². The van der Waals surface area contributed by atoms with Gasteiger partial charge in [-0.2, -0.15) is 0 Å². The number of nitrogens with one attached hydrogen (secondary N) is 1. The topological polar surface area (TPSA) is 12.0 Å². The van der Waals surface area contributed by atoms with Gasteiger partial charge in [-0.05, 0) is 55.5 Å². The minimum absolute atomic E-state index is 0.757. The lowest BCUT2D eigenvalue weighted by Crippen LogP contribution is -2.13. The Bertz CT molecular complexity index is 353. The van der Waals surface area contributed by atoms with E-state index in [2.05, 4.69) is 35.6 Å². The highest BCUT2D eigenvalue weighted by atomic mass is 15.0. The van der Waals surface area contributed by atoms with Crippen LogP contribution in [0.5, 0.6) is 0 Å². The first kappa shape index (κ1) is 11.3. The average molecular weight is 229 g/mol. The third kappa shape index (κ3) is 2.55. The Morgan fingerprint density at radius 2 is 1.94 bits per heavy atom. The molecule has 1 saturated carbocycles. The average Bonchev–Trinajstić information content (AvgIpc) is 3.02. The van der Waals surface area contributed by atoms with Gasteiger partial charge in [0.2, 0.25) is 0 Å². The van der Waals surface area contributed by atoms with Gasteiger partial charge in [0.15, 0.2) is 0 Å². The molecule has 0 unspecified atom stereocenters. The third-order valence-corrected chi connectivity index (χ3v) is 4.74. The number of unbranched alkanes of at least 4 members (excludes halogenated alkanes) is 1. The van der Waals surface area contributed by atoms with E-state index in [9.17, 15) is 0 Å². The second-order valence-corrected chi connectivity index (χ2v) is 5.92. The lowest BCUT2D eigenvalue weighted by molar-refractivity contribution is 0.360. The van der Waals surface area contributed by atoms with E-state index in [0.717, 1.165) is 11.3 Å². The first-order chi connectivity index (χ1) is 8.39. The molecule has 1 heterocycles. The van der Waals surface area contributed by atoms with Crippen molar-refractivity contribution in [2.45, 2.75) is 38.5 Å². The predicted molar refractivity (Wildman–Crippen MR) is 72.0 cm³/mol. The van der Waals surface area contributed by atoms with E-state index < -0.39 is 0 Å². The molecule has 1 N–H and O–H groups in total. The smallest absolute Gasteiger partial charge is 0.00111 e. The van der Waals surface area contributed by atoms with Crippen LogP contribution in [0.25, 0.3) is 0 Å². The summed E-state index contributed by atoms with van der Waals surface area (Å²) < 4.78 is 0. The molecule has 3 rings (SSSR count). The number of hydrogen-bond acceptors (Lipinski definition) is 1. The summed E-state index contributed by atoms with van der Waals surface area (Å²) in [5, 5.41) is 3.58. The number of benzene rings is 1. The van der Waals surface area contributed by atoms with Crippen LogP contribution in [-0.4, -0.2) is 13.1 Å². The van der Waals surface area contributed by atoms with Crippen molar-refractivity contribution in [3.8, 4) is 0 Å². The van der Waals surface area contributed by atoms with Crippen LogP contribution >= 0.6 is 0 Å². The van der Waals surface area contributed by atoms with Crippen molar-refractivity contribution < 1.29 is 0 Å². The van der Waals surface area contributed by atoms with Gasteiger partial charge in [-0.1, -0.05) is 36.8 Å². The van der Waals surface area contributed by atoms with Crippen molar-refractivity contribution in [1.82, 2.24) is 5.32 Å². The highest BCUT2D eigenvalue weighted by molar-refractivity contribution is 5.14. The molecule has 1 aromatic rings. The van der Waals surface area contributed by atoms with Gasteiger partial charge < -0.3 is 5.32 Å². The van der Waals surface area contributed by atoms with Crippen LogP contribution in [0.15, 0.2) is 30.3 Å². The summed E-state index contributed by atoms with van der Waals surface area (Å²) in [7, 11) is 0. The van der Waals surface area contributed by atoms with Crippen LogP contribution in [0.2, 0.25) is 0 Å². The Morgan fingerprint density at radius 3 is 2.71 bits per heavy atom. The van der Waals surface area contributed by atoms with E-state index in [-0.39, 0.29) is 0 Å². The zero-order valence-corrected chi connectivity index (χ0v) is 10.6. The van der Waals surface area contributed by atoms with Crippen molar-refractivity contribution in [1.29, 1.82) is 0 Å². The maximum absolute atomic E-state index is 3.58. The van der Waals surface area contributed by atoms with Gasteiger partial charge in [-0.25, -0.2) is 0 Å². The minimum atomic E-state index is 0.757. The van der Waals surface area contributed by atoms with E-state index in [1.807, 2.05) is 0 Å². The van der Waals surface area contributed by atoms with Crippen LogP contribution in [0.3, 0.4) is 0 Å². The molecule has 2 aliphatic rings. The van der Waals surface area contributed by atoms with Gasteiger partial charge in [0.25, 0.3) is 0 Å². The molecule has 0 amide bonds. The second-order valence-electron chi connectivity index (χ2n) is 5.92. The fraction of sp³-hybridized carbons (Fsp3) is 0.625. The fourth-order valence-corrected chi connectivity index (χ4v) is 3.37. The molecule has 1 saturated heterocycles. The van der Waals surface area contributed by atoms with E-state index in [4.69, 9.17) is 0 Å². The second kappa shape index (κ2) is 4.81. The van der Waals surface area contributed by atoms with Gasteiger partial charge in [0.05, 0.1) is 0 Å². The van der Waals surface area contributed by atoms with Gasteiger partial charge in [-0.15, -0.1) is 0 Å². The Morgan fingerprint density at radius 1 is 1.12 bits per heavy atom. The molecule has 0 aromatic heterocycles. The lowest BCUT2D eigenvalue weighted by atomic mass is 9.88. The number of rotatable bonds is 5. The monoisotopic (exact) mass is 229 g/mol. The van der Waals surface area contributed by atoms with Crippen molar-refractivity contribution in [2.75, 3.05) is 13.1 Å². The SMILES string of the molecule is c1ccc(CCCC[C@@H]2CNCC23CC3)cc1. The Kier molecular flexibility index (Phi) is 3.19. The van der Waals surface area contributed by atoms with Crippen LogP contribution in [0.1, 0.15) is 37.7 Å². The first-order valence-corrected chi connectivity index (χ1v) is 7.14. The molecular formula is C16H23N.